The van der Waals surface area contributed by atoms with E-state index in [-0.39, 0.29) is 17.9 Å². The van der Waals surface area contributed by atoms with E-state index >= 15 is 0 Å². The lowest BCUT2D eigenvalue weighted by Crippen LogP contribution is -2.39. The number of esters is 1. The fourth-order valence-electron chi connectivity index (χ4n) is 2.66. The van der Waals surface area contributed by atoms with Gasteiger partial charge in [-0.3, -0.25) is 4.79 Å². The summed E-state index contributed by atoms with van der Waals surface area (Å²) in [6.45, 7) is 13.7. The zero-order chi connectivity index (χ0) is 30.0. The van der Waals surface area contributed by atoms with E-state index in [1.165, 1.54) is 19.1 Å². The second-order valence-electron chi connectivity index (χ2n) is 10.1. The van der Waals surface area contributed by atoms with Crippen molar-refractivity contribution in [2.24, 2.45) is 5.73 Å². The van der Waals surface area contributed by atoms with Crippen molar-refractivity contribution < 1.29 is 52.3 Å². The number of hydrogen-bond acceptors (Lipinski definition) is 12. The number of ether oxygens (including phenoxy) is 7. The van der Waals surface area contributed by atoms with Crippen LogP contribution in [0.5, 0.6) is 11.5 Å². The zero-order valence-electron chi connectivity index (χ0n) is 24.2. The number of nitrogens with two attached hydrogens (primary N) is 1. The van der Waals surface area contributed by atoms with Gasteiger partial charge in [-0.2, -0.15) is 0 Å². The summed E-state index contributed by atoms with van der Waals surface area (Å²) in [4.78, 5) is 48.6. The van der Waals surface area contributed by atoms with Gasteiger partial charge in [-0.15, -0.1) is 0 Å². The van der Waals surface area contributed by atoms with Crippen LogP contribution in [-0.4, -0.2) is 61.0 Å². The molecule has 3 atom stereocenters. The van der Waals surface area contributed by atoms with Crippen molar-refractivity contribution in [2.75, 3.05) is 7.11 Å². The molecule has 0 spiro atoms. The van der Waals surface area contributed by atoms with E-state index in [1.54, 1.807) is 40.7 Å². The summed E-state index contributed by atoms with van der Waals surface area (Å²) < 4.78 is 36.0. The normalized spacial score (nSPS) is 13.8. The first kappa shape index (κ1) is 33.5. The molecule has 0 saturated heterocycles. The molecular formula is C27H41NO11. The summed E-state index contributed by atoms with van der Waals surface area (Å²) in [7, 11) is 1.16. The van der Waals surface area contributed by atoms with Gasteiger partial charge < -0.3 is 38.9 Å². The monoisotopic (exact) mass is 555 g/mol. The summed E-state index contributed by atoms with van der Waals surface area (Å²) >= 11 is 0. The summed E-state index contributed by atoms with van der Waals surface area (Å²) in [6.07, 6.45) is -3.42. The van der Waals surface area contributed by atoms with Gasteiger partial charge in [-0.05, 0) is 78.5 Å². The molecule has 0 aliphatic rings. The first-order valence-corrected chi connectivity index (χ1v) is 12.7. The van der Waals surface area contributed by atoms with Crippen LogP contribution >= 0.6 is 0 Å². The Balaban J connectivity index is 3.07. The van der Waals surface area contributed by atoms with Gasteiger partial charge in [0, 0.05) is 0 Å². The van der Waals surface area contributed by atoms with Gasteiger partial charge in [0.2, 0.25) is 0 Å². The molecule has 0 aliphatic carbocycles. The van der Waals surface area contributed by atoms with Crippen LogP contribution in [0.2, 0.25) is 0 Å². The predicted octanol–water partition coefficient (Wildman–Crippen LogP) is 5.07. The third kappa shape index (κ3) is 11.8. The maximum Gasteiger partial charge on any atom is 0.514 e. The largest absolute Gasteiger partial charge is 0.514 e. The van der Waals surface area contributed by atoms with Crippen molar-refractivity contribution >= 4 is 24.4 Å². The topological polar surface area (TPSA) is 159 Å². The highest BCUT2D eigenvalue weighted by Gasteiger charge is 2.28. The second kappa shape index (κ2) is 14.6. The molecule has 1 aromatic carbocycles. The molecule has 0 unspecified atom stereocenters. The standard InChI is InChI=1S/C27H41NO11/c1-10-26(5,6)38-24(31)36-20-13-12-18(15-21(20)37-25(32)39-27(7,8)11-2)14-19(28)22(29)34-16(3)17(4)35-23(30)33-9/h12-13,15-17,19H,10-11,14,28H2,1-9H3/t16-,17-,19-/m0/s1. The smallest absolute Gasteiger partial charge is 0.458 e. The van der Waals surface area contributed by atoms with E-state index in [4.69, 9.17) is 34.2 Å². The number of benzene rings is 1. The molecular weight excluding hydrogens is 514 g/mol. The minimum Gasteiger partial charge on any atom is -0.458 e. The molecule has 0 aromatic heterocycles. The van der Waals surface area contributed by atoms with Gasteiger partial charge in [0.25, 0.3) is 0 Å². The first-order chi connectivity index (χ1) is 18.0. The number of carbonyl (C=O) groups is 4. The second-order valence-corrected chi connectivity index (χ2v) is 10.1. The number of rotatable bonds is 12. The van der Waals surface area contributed by atoms with Gasteiger partial charge in [-0.1, -0.05) is 19.9 Å². The van der Waals surface area contributed by atoms with E-state index in [0.717, 1.165) is 7.11 Å². The summed E-state index contributed by atoms with van der Waals surface area (Å²) in [5.74, 6) is -0.981. The average Bonchev–Trinajstić information content (AvgIpc) is 2.84. The molecule has 220 valence electrons. The molecule has 0 aliphatic heterocycles. The molecule has 2 N–H and O–H groups in total. The van der Waals surface area contributed by atoms with E-state index in [0.29, 0.717) is 18.4 Å². The minimum absolute atomic E-state index is 0.0166. The molecule has 0 fully saturated rings. The van der Waals surface area contributed by atoms with E-state index in [9.17, 15) is 19.2 Å². The van der Waals surface area contributed by atoms with Crippen LogP contribution in [-0.2, 0) is 34.9 Å². The highest BCUT2D eigenvalue weighted by Crippen LogP contribution is 2.31. The van der Waals surface area contributed by atoms with Crippen LogP contribution < -0.4 is 15.2 Å². The molecule has 12 nitrogen and oxygen atoms in total. The van der Waals surface area contributed by atoms with Crippen LogP contribution in [0.25, 0.3) is 0 Å². The molecule has 0 bridgehead atoms. The molecule has 12 heteroatoms. The highest BCUT2D eigenvalue weighted by molar-refractivity contribution is 5.76. The Bertz CT molecular complexity index is 1010. The van der Waals surface area contributed by atoms with Gasteiger partial charge in [0.1, 0.15) is 29.5 Å². The van der Waals surface area contributed by atoms with Gasteiger partial charge in [0.15, 0.2) is 11.5 Å². The molecule has 0 radical (unpaired) electrons. The summed E-state index contributed by atoms with van der Waals surface area (Å²) in [5.41, 5.74) is 4.94. The van der Waals surface area contributed by atoms with Crippen molar-refractivity contribution in [3.05, 3.63) is 23.8 Å². The summed E-state index contributed by atoms with van der Waals surface area (Å²) in [5, 5.41) is 0. The predicted molar refractivity (Wildman–Crippen MR) is 140 cm³/mol. The van der Waals surface area contributed by atoms with Crippen molar-refractivity contribution in [3.8, 4) is 11.5 Å². The van der Waals surface area contributed by atoms with Crippen molar-refractivity contribution in [2.45, 2.75) is 104 Å². The number of carbonyl (C=O) groups excluding carboxylic acids is 4. The maximum atomic E-state index is 12.5. The van der Waals surface area contributed by atoms with Crippen LogP contribution in [0.15, 0.2) is 18.2 Å². The Hall–Kier alpha value is -3.54. The Morgan fingerprint density at radius 2 is 1.28 bits per heavy atom. The highest BCUT2D eigenvalue weighted by atomic mass is 16.8. The lowest BCUT2D eigenvalue weighted by molar-refractivity contribution is -0.155. The Morgan fingerprint density at radius 3 is 1.77 bits per heavy atom. The van der Waals surface area contributed by atoms with Gasteiger partial charge >= 0.3 is 24.4 Å². The SMILES string of the molecule is CCC(C)(C)OC(=O)Oc1ccc(C[C@H](N)C(=O)O[C@@H](C)[C@H](C)OC(=O)OC)cc1OC(=O)OC(C)(C)CC. The van der Waals surface area contributed by atoms with Crippen molar-refractivity contribution in [1.29, 1.82) is 0 Å². The van der Waals surface area contributed by atoms with Gasteiger partial charge in [-0.25, -0.2) is 14.4 Å². The fourth-order valence-corrected chi connectivity index (χ4v) is 2.66. The van der Waals surface area contributed by atoms with Gasteiger partial charge in [0.05, 0.1) is 7.11 Å². The minimum atomic E-state index is -1.11. The van der Waals surface area contributed by atoms with Crippen LogP contribution in [0.1, 0.15) is 73.8 Å². The molecule has 0 heterocycles. The molecule has 0 saturated carbocycles. The Morgan fingerprint density at radius 1 is 0.795 bits per heavy atom. The lowest BCUT2D eigenvalue weighted by atomic mass is 10.1. The van der Waals surface area contributed by atoms with E-state index in [1.807, 2.05) is 13.8 Å². The lowest BCUT2D eigenvalue weighted by Gasteiger charge is -2.24. The molecule has 1 aromatic rings. The molecule has 1 rings (SSSR count). The number of methoxy groups -OCH3 is 1. The quantitative estimate of drug-likeness (QED) is 0.208. The Kier molecular flexibility index (Phi) is 12.5. The summed E-state index contributed by atoms with van der Waals surface area (Å²) in [6, 6.07) is 3.21. The third-order valence-corrected chi connectivity index (χ3v) is 5.99. The van der Waals surface area contributed by atoms with Crippen LogP contribution in [0.4, 0.5) is 14.4 Å². The Labute approximate surface area is 229 Å². The first-order valence-electron chi connectivity index (χ1n) is 12.7. The number of hydrogen-bond donors (Lipinski definition) is 1. The van der Waals surface area contributed by atoms with Crippen LogP contribution in [0.3, 0.4) is 0 Å². The van der Waals surface area contributed by atoms with E-state index in [2.05, 4.69) is 4.74 Å². The van der Waals surface area contributed by atoms with Crippen molar-refractivity contribution in [3.63, 3.8) is 0 Å². The van der Waals surface area contributed by atoms with Crippen LogP contribution in [0, 0.1) is 0 Å². The maximum absolute atomic E-state index is 12.5. The molecule has 39 heavy (non-hydrogen) atoms. The van der Waals surface area contributed by atoms with Crippen molar-refractivity contribution in [1.82, 2.24) is 0 Å². The average molecular weight is 556 g/mol. The van der Waals surface area contributed by atoms with E-state index < -0.39 is 53.9 Å². The molecule has 0 amide bonds. The fraction of sp³-hybridized carbons (Fsp3) is 0.630. The third-order valence-electron chi connectivity index (χ3n) is 5.99. The zero-order valence-corrected chi connectivity index (χ0v) is 24.2.